The van der Waals surface area contributed by atoms with Gasteiger partial charge in [-0.15, -0.1) is 0 Å². The molecule has 14 heavy (non-hydrogen) atoms. The maximum Gasteiger partial charge on any atom is 0.310 e. The molecule has 0 aromatic carbocycles. The maximum atomic E-state index is 11.1. The predicted octanol–water partition coefficient (Wildman–Crippen LogP) is 0.621. The summed E-state index contributed by atoms with van der Waals surface area (Å²) in [6.45, 7) is 0.673. The number of rotatable bonds is 2. The van der Waals surface area contributed by atoms with Crippen molar-refractivity contribution in [2.24, 2.45) is 27.2 Å². The Hall–Kier alpha value is -1.19. The fourth-order valence-electron chi connectivity index (χ4n) is 3.15. The molecule has 1 N–H and O–H groups in total. The van der Waals surface area contributed by atoms with E-state index in [0.29, 0.717) is 12.5 Å². The molecule has 4 rings (SSSR count). The number of carboxylic acid groups (broad SMARTS) is 1. The zero-order chi connectivity index (χ0) is 9.76. The fraction of sp³-hybridized carbons (Fsp3) is 0.700. The highest BCUT2D eigenvalue weighted by Gasteiger charge is 2.71. The molecule has 2 bridgehead atoms. The molecule has 3 fully saturated rings. The van der Waals surface area contributed by atoms with E-state index in [4.69, 9.17) is 5.11 Å². The van der Waals surface area contributed by atoms with Gasteiger partial charge in [0.15, 0.2) is 0 Å². The van der Waals surface area contributed by atoms with E-state index in [1.807, 2.05) is 0 Å². The molecule has 0 aromatic heterocycles. The molecular weight excluding hydrogens is 180 g/mol. The Kier molecular flexibility index (Phi) is 1.42. The van der Waals surface area contributed by atoms with Crippen molar-refractivity contribution < 1.29 is 9.90 Å². The summed E-state index contributed by atoms with van der Waals surface area (Å²) in [7, 11) is 0. The molecule has 3 aliphatic carbocycles. The number of nitrogens with zero attached hydrogens (tertiary/aromatic N) is 2. The molecule has 1 aliphatic heterocycles. The molecular formula is C10H12N2O2. The summed E-state index contributed by atoms with van der Waals surface area (Å²) < 4.78 is 0. The van der Waals surface area contributed by atoms with Crippen LogP contribution in [0.4, 0.5) is 0 Å². The van der Waals surface area contributed by atoms with Gasteiger partial charge in [0.2, 0.25) is 0 Å². The smallest absolute Gasteiger partial charge is 0.310 e. The lowest BCUT2D eigenvalue weighted by Crippen LogP contribution is -2.69. The molecule has 0 aromatic rings. The van der Waals surface area contributed by atoms with E-state index in [-0.39, 0.29) is 12.0 Å². The Balaban J connectivity index is 1.79. The molecule has 1 heterocycles. The topological polar surface area (TPSA) is 62.0 Å². The molecule has 0 amide bonds. The zero-order valence-corrected chi connectivity index (χ0v) is 7.76. The van der Waals surface area contributed by atoms with Crippen molar-refractivity contribution in [2.45, 2.75) is 18.9 Å². The van der Waals surface area contributed by atoms with Gasteiger partial charge in [0, 0.05) is 18.3 Å². The average molecular weight is 192 g/mol. The Morgan fingerprint density at radius 2 is 2.21 bits per heavy atom. The van der Waals surface area contributed by atoms with Crippen molar-refractivity contribution in [1.29, 1.82) is 0 Å². The van der Waals surface area contributed by atoms with E-state index in [1.54, 1.807) is 12.4 Å². The first kappa shape index (κ1) is 8.15. The van der Waals surface area contributed by atoms with Gasteiger partial charge in [-0.25, -0.2) is 0 Å². The Bertz CT molecular complexity index is 342. The Labute approximate surface area is 81.8 Å². The highest BCUT2D eigenvalue weighted by Crippen LogP contribution is 2.70. The number of hydrogen-bond donors (Lipinski definition) is 1. The average Bonchev–Trinajstić information content (AvgIpc) is 2.00. The first-order valence-corrected chi connectivity index (χ1v) is 4.99. The third-order valence-corrected chi connectivity index (χ3v) is 3.98. The van der Waals surface area contributed by atoms with Gasteiger partial charge in [-0.05, 0) is 18.8 Å². The minimum atomic E-state index is -0.630. The second kappa shape index (κ2) is 2.43. The van der Waals surface area contributed by atoms with E-state index in [2.05, 4.69) is 9.98 Å². The monoisotopic (exact) mass is 192 g/mol. The van der Waals surface area contributed by atoms with Crippen LogP contribution in [0.5, 0.6) is 0 Å². The van der Waals surface area contributed by atoms with Gasteiger partial charge in [0.05, 0.1) is 18.0 Å². The molecule has 0 radical (unpaired) electrons. The van der Waals surface area contributed by atoms with Gasteiger partial charge in [-0.2, -0.15) is 0 Å². The predicted molar refractivity (Wildman–Crippen MR) is 51.9 cm³/mol. The van der Waals surface area contributed by atoms with Crippen molar-refractivity contribution >= 4 is 18.4 Å². The maximum absolute atomic E-state index is 11.1. The summed E-state index contributed by atoms with van der Waals surface area (Å²) in [6, 6.07) is 0.128. The Morgan fingerprint density at radius 3 is 2.64 bits per heavy atom. The van der Waals surface area contributed by atoms with Crippen LogP contribution < -0.4 is 0 Å². The third-order valence-electron chi connectivity index (χ3n) is 3.98. The minimum Gasteiger partial charge on any atom is -0.481 e. The normalized spacial score (nSPS) is 48.1. The molecule has 3 saturated carbocycles. The van der Waals surface area contributed by atoms with Gasteiger partial charge in [0.1, 0.15) is 0 Å². The quantitative estimate of drug-likeness (QED) is 0.697. The van der Waals surface area contributed by atoms with Gasteiger partial charge in [-0.3, -0.25) is 14.8 Å². The lowest BCUT2D eigenvalue weighted by atomic mass is 9.36. The van der Waals surface area contributed by atoms with E-state index in [9.17, 15) is 4.79 Å². The van der Waals surface area contributed by atoms with Crippen molar-refractivity contribution in [3.05, 3.63) is 0 Å². The van der Waals surface area contributed by atoms with Gasteiger partial charge >= 0.3 is 5.97 Å². The summed E-state index contributed by atoms with van der Waals surface area (Å²) >= 11 is 0. The van der Waals surface area contributed by atoms with E-state index in [0.717, 1.165) is 12.8 Å². The number of aliphatic carboxylic acids is 1. The fourth-order valence-corrected chi connectivity index (χ4v) is 3.15. The lowest BCUT2D eigenvalue weighted by Gasteiger charge is -2.67. The van der Waals surface area contributed by atoms with Crippen LogP contribution in [0.3, 0.4) is 0 Å². The summed E-state index contributed by atoms with van der Waals surface area (Å²) in [6.07, 6.45) is 5.11. The number of carbonyl (C=O) groups is 1. The van der Waals surface area contributed by atoms with E-state index >= 15 is 0 Å². The molecule has 4 aliphatic rings. The molecule has 0 spiro atoms. The lowest BCUT2D eigenvalue weighted by molar-refractivity contribution is -0.220. The van der Waals surface area contributed by atoms with Gasteiger partial charge in [-0.1, -0.05) is 0 Å². The highest BCUT2D eigenvalue weighted by atomic mass is 16.4. The van der Waals surface area contributed by atoms with Crippen LogP contribution in [-0.2, 0) is 4.79 Å². The summed E-state index contributed by atoms with van der Waals surface area (Å²) in [4.78, 5) is 19.6. The van der Waals surface area contributed by atoms with Gasteiger partial charge in [0.25, 0.3) is 0 Å². The first-order valence-electron chi connectivity index (χ1n) is 4.99. The van der Waals surface area contributed by atoms with Crippen molar-refractivity contribution in [2.75, 3.05) is 6.54 Å². The van der Waals surface area contributed by atoms with Crippen LogP contribution >= 0.6 is 0 Å². The number of hydrogen-bond acceptors (Lipinski definition) is 3. The van der Waals surface area contributed by atoms with Crippen LogP contribution in [0.2, 0.25) is 0 Å². The number of carboxylic acids is 1. The third kappa shape index (κ3) is 0.768. The second-order valence-corrected chi connectivity index (χ2v) is 4.54. The standard InChI is InChI=1S/C10H12N2O2/c13-9(14)10-3-6(4-10)8(10)7-5-11-1-2-12-7/h1-2,6-8H,3-5H2,(H,13,14). The van der Waals surface area contributed by atoms with Crippen LogP contribution in [0.15, 0.2) is 9.98 Å². The molecule has 0 saturated heterocycles. The molecule has 2 atom stereocenters. The Morgan fingerprint density at radius 1 is 1.43 bits per heavy atom. The van der Waals surface area contributed by atoms with E-state index in [1.165, 1.54) is 0 Å². The molecule has 2 unspecified atom stereocenters. The van der Waals surface area contributed by atoms with Crippen LogP contribution in [-0.4, -0.2) is 36.1 Å². The first-order chi connectivity index (χ1) is 6.74. The highest BCUT2D eigenvalue weighted by molar-refractivity contribution is 6.16. The van der Waals surface area contributed by atoms with Crippen LogP contribution in [0, 0.1) is 17.3 Å². The van der Waals surface area contributed by atoms with E-state index < -0.39 is 11.4 Å². The largest absolute Gasteiger partial charge is 0.481 e. The van der Waals surface area contributed by atoms with Crippen LogP contribution in [0.25, 0.3) is 0 Å². The molecule has 4 heteroatoms. The zero-order valence-electron chi connectivity index (χ0n) is 7.76. The van der Waals surface area contributed by atoms with Crippen LogP contribution in [0.1, 0.15) is 12.8 Å². The molecule has 74 valence electrons. The second-order valence-electron chi connectivity index (χ2n) is 4.54. The van der Waals surface area contributed by atoms with Crippen molar-refractivity contribution in [3.63, 3.8) is 0 Å². The van der Waals surface area contributed by atoms with Gasteiger partial charge < -0.3 is 5.11 Å². The molecule has 4 nitrogen and oxygen atoms in total. The number of aliphatic imine (C=N–C) groups is 2. The van der Waals surface area contributed by atoms with Crippen molar-refractivity contribution in [3.8, 4) is 0 Å². The summed E-state index contributed by atoms with van der Waals surface area (Å²) in [5, 5.41) is 9.14. The SMILES string of the molecule is O=C(O)C12CC(C1)C2C1CN=CC=N1. The summed E-state index contributed by atoms with van der Waals surface area (Å²) in [5.74, 6) is 0.227. The minimum absolute atomic E-state index is 0.128. The summed E-state index contributed by atoms with van der Waals surface area (Å²) in [5.41, 5.74) is -0.431. The van der Waals surface area contributed by atoms with Crippen molar-refractivity contribution in [1.82, 2.24) is 0 Å².